The zero-order valence-electron chi connectivity index (χ0n) is 15.3. The Kier molecular flexibility index (Phi) is 5.31. The van der Waals surface area contributed by atoms with Gasteiger partial charge in [0.1, 0.15) is 11.6 Å². The molecule has 0 bridgehead atoms. The zero-order chi connectivity index (χ0) is 19.4. The van der Waals surface area contributed by atoms with Gasteiger partial charge < -0.3 is 5.32 Å². The molecule has 7 nitrogen and oxygen atoms in total. The van der Waals surface area contributed by atoms with Crippen LogP contribution in [0.15, 0.2) is 67.1 Å². The standard InChI is InChI=1S/C20H21N5O2S/c26-28(27,15-16-6-2-1-3-7-16)25-13-5-9-18(25)17-8-4-10-19(23-17)24-20-14-21-11-12-22-20/h1-4,6-8,10-12,14,18H,5,9,13,15H2,(H,22,23,24)/t18-/m1/s1. The van der Waals surface area contributed by atoms with Gasteiger partial charge in [0.2, 0.25) is 10.0 Å². The number of sulfonamides is 1. The molecule has 2 aromatic heterocycles. The van der Waals surface area contributed by atoms with Crippen LogP contribution in [0.4, 0.5) is 11.6 Å². The largest absolute Gasteiger partial charge is 0.324 e. The van der Waals surface area contributed by atoms with Crippen molar-refractivity contribution < 1.29 is 8.42 Å². The van der Waals surface area contributed by atoms with Crippen LogP contribution < -0.4 is 5.32 Å². The fourth-order valence-corrected chi connectivity index (χ4v) is 5.23. The monoisotopic (exact) mass is 395 g/mol. The Morgan fingerprint density at radius 2 is 1.89 bits per heavy atom. The van der Waals surface area contributed by atoms with E-state index in [0.29, 0.717) is 18.2 Å². The summed E-state index contributed by atoms with van der Waals surface area (Å²) >= 11 is 0. The van der Waals surface area contributed by atoms with Gasteiger partial charge in [0.25, 0.3) is 0 Å². The van der Waals surface area contributed by atoms with Gasteiger partial charge in [-0.1, -0.05) is 36.4 Å². The quantitative estimate of drug-likeness (QED) is 0.689. The van der Waals surface area contributed by atoms with Crippen LogP contribution in [-0.2, 0) is 15.8 Å². The molecule has 1 atom stereocenters. The number of anilines is 2. The lowest BCUT2D eigenvalue weighted by atomic mass is 10.1. The summed E-state index contributed by atoms with van der Waals surface area (Å²) in [5.74, 6) is 1.21. The minimum absolute atomic E-state index is 0.00187. The van der Waals surface area contributed by atoms with Crippen LogP contribution in [0.5, 0.6) is 0 Å². The number of nitrogens with one attached hydrogen (secondary N) is 1. The minimum Gasteiger partial charge on any atom is -0.324 e. The summed E-state index contributed by atoms with van der Waals surface area (Å²) in [6.07, 6.45) is 6.39. The molecule has 1 aromatic carbocycles. The molecule has 1 aliphatic rings. The lowest BCUT2D eigenvalue weighted by Crippen LogP contribution is -2.32. The molecule has 0 spiro atoms. The van der Waals surface area contributed by atoms with Gasteiger partial charge in [-0.15, -0.1) is 0 Å². The van der Waals surface area contributed by atoms with Crippen molar-refractivity contribution in [3.63, 3.8) is 0 Å². The second-order valence-electron chi connectivity index (χ2n) is 6.67. The molecule has 1 aliphatic heterocycles. The van der Waals surface area contributed by atoms with E-state index in [1.165, 1.54) is 0 Å². The van der Waals surface area contributed by atoms with Crippen molar-refractivity contribution in [2.75, 3.05) is 11.9 Å². The summed E-state index contributed by atoms with van der Waals surface area (Å²) in [7, 11) is -3.43. The summed E-state index contributed by atoms with van der Waals surface area (Å²) < 4.78 is 27.6. The molecule has 4 rings (SSSR count). The molecule has 3 aromatic rings. The molecule has 28 heavy (non-hydrogen) atoms. The van der Waals surface area contributed by atoms with Gasteiger partial charge in [0, 0.05) is 18.9 Å². The fourth-order valence-electron chi connectivity index (χ4n) is 3.44. The van der Waals surface area contributed by atoms with Crippen molar-refractivity contribution >= 4 is 21.7 Å². The first-order valence-corrected chi connectivity index (χ1v) is 10.8. The van der Waals surface area contributed by atoms with Gasteiger partial charge in [0.05, 0.1) is 23.7 Å². The summed E-state index contributed by atoms with van der Waals surface area (Å²) in [6, 6.07) is 14.6. The number of pyridine rings is 1. The molecule has 3 heterocycles. The molecule has 8 heteroatoms. The van der Waals surface area contributed by atoms with Crippen LogP contribution in [0, 0.1) is 0 Å². The fraction of sp³-hybridized carbons (Fsp3) is 0.250. The summed E-state index contributed by atoms with van der Waals surface area (Å²) in [5, 5.41) is 3.11. The van der Waals surface area contributed by atoms with E-state index < -0.39 is 10.0 Å². The number of rotatable bonds is 6. The van der Waals surface area contributed by atoms with Gasteiger partial charge in [-0.2, -0.15) is 4.31 Å². The molecule has 1 saturated heterocycles. The van der Waals surface area contributed by atoms with E-state index in [0.717, 1.165) is 24.1 Å². The maximum absolute atomic E-state index is 13.0. The van der Waals surface area contributed by atoms with E-state index in [1.54, 1.807) is 22.9 Å². The molecule has 144 valence electrons. The first kappa shape index (κ1) is 18.5. The van der Waals surface area contributed by atoms with Crippen LogP contribution in [0.25, 0.3) is 0 Å². The van der Waals surface area contributed by atoms with Crippen molar-refractivity contribution in [3.8, 4) is 0 Å². The number of nitrogens with zero attached hydrogens (tertiary/aromatic N) is 4. The van der Waals surface area contributed by atoms with Crippen LogP contribution in [0.3, 0.4) is 0 Å². The van der Waals surface area contributed by atoms with Crippen molar-refractivity contribution in [1.29, 1.82) is 0 Å². The van der Waals surface area contributed by atoms with E-state index in [9.17, 15) is 8.42 Å². The summed E-state index contributed by atoms with van der Waals surface area (Å²) in [6.45, 7) is 0.517. The maximum atomic E-state index is 13.0. The number of aromatic nitrogens is 3. The molecule has 0 unspecified atom stereocenters. The third kappa shape index (κ3) is 4.18. The summed E-state index contributed by atoms with van der Waals surface area (Å²) in [4.78, 5) is 12.8. The molecule has 0 aliphatic carbocycles. The average molecular weight is 395 g/mol. The van der Waals surface area contributed by atoms with E-state index >= 15 is 0 Å². The highest BCUT2D eigenvalue weighted by Gasteiger charge is 2.36. The third-order valence-electron chi connectivity index (χ3n) is 4.68. The van der Waals surface area contributed by atoms with Crippen LogP contribution in [0.2, 0.25) is 0 Å². The normalized spacial score (nSPS) is 17.5. The van der Waals surface area contributed by atoms with Crippen molar-refractivity contribution in [1.82, 2.24) is 19.3 Å². The van der Waals surface area contributed by atoms with Gasteiger partial charge in [-0.3, -0.25) is 4.98 Å². The Bertz CT molecular complexity index is 1030. The van der Waals surface area contributed by atoms with Crippen molar-refractivity contribution in [2.24, 2.45) is 0 Å². The first-order valence-electron chi connectivity index (χ1n) is 9.15. The van der Waals surface area contributed by atoms with E-state index in [-0.39, 0.29) is 11.8 Å². The highest BCUT2D eigenvalue weighted by molar-refractivity contribution is 7.88. The van der Waals surface area contributed by atoms with Gasteiger partial charge in [0.15, 0.2) is 0 Å². The molecular formula is C20H21N5O2S. The Balaban J connectivity index is 1.55. The zero-order valence-corrected chi connectivity index (χ0v) is 16.1. The molecule has 1 fully saturated rings. The number of hydrogen-bond donors (Lipinski definition) is 1. The molecular weight excluding hydrogens is 374 g/mol. The molecule has 0 saturated carbocycles. The molecule has 1 N–H and O–H groups in total. The topological polar surface area (TPSA) is 88.1 Å². The second kappa shape index (κ2) is 8.04. The number of benzene rings is 1. The highest BCUT2D eigenvalue weighted by atomic mass is 32.2. The van der Waals surface area contributed by atoms with E-state index in [1.807, 2.05) is 48.5 Å². The van der Waals surface area contributed by atoms with E-state index in [2.05, 4.69) is 20.3 Å². The van der Waals surface area contributed by atoms with Crippen LogP contribution in [-0.4, -0.2) is 34.2 Å². The Morgan fingerprint density at radius 1 is 1.04 bits per heavy atom. The lowest BCUT2D eigenvalue weighted by molar-refractivity contribution is 0.390. The molecule has 0 radical (unpaired) electrons. The van der Waals surface area contributed by atoms with Crippen LogP contribution >= 0.6 is 0 Å². The van der Waals surface area contributed by atoms with Crippen molar-refractivity contribution in [3.05, 3.63) is 78.4 Å². The second-order valence-corrected chi connectivity index (χ2v) is 8.60. The third-order valence-corrected chi connectivity index (χ3v) is 6.53. The minimum atomic E-state index is -3.43. The smallest absolute Gasteiger partial charge is 0.218 e. The maximum Gasteiger partial charge on any atom is 0.218 e. The predicted octanol–water partition coefficient (Wildman–Crippen LogP) is 3.28. The first-order chi connectivity index (χ1) is 13.6. The predicted molar refractivity (Wildman–Crippen MR) is 107 cm³/mol. The van der Waals surface area contributed by atoms with Gasteiger partial charge in [-0.05, 0) is 30.5 Å². The highest BCUT2D eigenvalue weighted by Crippen LogP contribution is 2.34. The SMILES string of the molecule is O=S(=O)(Cc1ccccc1)N1CCC[C@@H]1c1cccc(Nc2cnccn2)n1. The Labute approximate surface area is 164 Å². The van der Waals surface area contributed by atoms with Crippen LogP contribution in [0.1, 0.15) is 30.1 Å². The summed E-state index contributed by atoms with van der Waals surface area (Å²) in [5.41, 5.74) is 1.53. The van der Waals surface area contributed by atoms with Gasteiger partial charge >= 0.3 is 0 Å². The Morgan fingerprint density at radius 3 is 2.68 bits per heavy atom. The molecule has 0 amide bonds. The number of hydrogen-bond acceptors (Lipinski definition) is 6. The van der Waals surface area contributed by atoms with E-state index in [4.69, 9.17) is 0 Å². The van der Waals surface area contributed by atoms with Gasteiger partial charge in [-0.25, -0.2) is 18.4 Å². The van der Waals surface area contributed by atoms with Crippen molar-refractivity contribution in [2.45, 2.75) is 24.6 Å². The lowest BCUT2D eigenvalue weighted by Gasteiger charge is -2.24. The average Bonchev–Trinajstić information content (AvgIpc) is 3.21. The Hall–Kier alpha value is -2.84.